The molecule has 0 unspecified atom stereocenters. The molecule has 19 heavy (non-hydrogen) atoms. The molecule has 1 fully saturated rings. The molecule has 5 heteroatoms. The number of carbonyl (C=O) groups excluding carboxylic acids is 3. The topological polar surface area (TPSA) is 63.7 Å². The molecule has 0 aromatic heterocycles. The molecule has 5 nitrogen and oxygen atoms in total. The minimum Gasteiger partial charge on any atom is -0.469 e. The van der Waals surface area contributed by atoms with Crippen molar-refractivity contribution in [3.05, 3.63) is 0 Å². The number of ether oxygens (including phenoxy) is 1. The van der Waals surface area contributed by atoms with Crippen molar-refractivity contribution in [1.82, 2.24) is 4.90 Å². The van der Waals surface area contributed by atoms with Gasteiger partial charge in [0.15, 0.2) is 0 Å². The van der Waals surface area contributed by atoms with Gasteiger partial charge >= 0.3 is 5.97 Å². The fraction of sp³-hybridized carbons (Fsp3) is 0.786. The number of esters is 1. The fourth-order valence-corrected chi connectivity index (χ4v) is 2.30. The molecule has 1 rings (SSSR count). The maximum Gasteiger partial charge on any atom is 0.313 e. The van der Waals surface area contributed by atoms with E-state index in [1.165, 1.54) is 12.0 Å². The first kappa shape index (κ1) is 15.7. The molecule has 0 bridgehead atoms. The van der Waals surface area contributed by atoms with Gasteiger partial charge in [-0.15, -0.1) is 0 Å². The lowest BCUT2D eigenvalue weighted by Crippen LogP contribution is -2.59. The van der Waals surface area contributed by atoms with E-state index in [4.69, 9.17) is 4.74 Å². The number of rotatable bonds is 3. The predicted molar refractivity (Wildman–Crippen MR) is 70.1 cm³/mol. The molecule has 1 aliphatic rings. The molecule has 0 spiro atoms. The summed E-state index contributed by atoms with van der Waals surface area (Å²) < 4.78 is 4.80. The number of carbonyl (C=O) groups is 3. The van der Waals surface area contributed by atoms with Crippen LogP contribution in [0.1, 0.15) is 48.0 Å². The lowest BCUT2D eigenvalue weighted by molar-refractivity contribution is -0.165. The molecule has 0 aromatic rings. The van der Waals surface area contributed by atoms with Crippen molar-refractivity contribution in [2.45, 2.75) is 53.5 Å². The Balaban J connectivity index is 3.25. The van der Waals surface area contributed by atoms with Crippen LogP contribution in [0.2, 0.25) is 0 Å². The number of amides is 2. The van der Waals surface area contributed by atoms with Crippen LogP contribution < -0.4 is 0 Å². The number of likely N-dealkylation sites (tertiary alicyclic amines) is 1. The summed E-state index contributed by atoms with van der Waals surface area (Å²) in [6, 6.07) is 0. The minimum absolute atomic E-state index is 0.173. The summed E-state index contributed by atoms with van der Waals surface area (Å²) in [6.45, 7) is 10.3. The molecule has 1 aliphatic heterocycles. The van der Waals surface area contributed by atoms with Crippen LogP contribution in [0.5, 0.6) is 0 Å². The summed E-state index contributed by atoms with van der Waals surface area (Å²) in [6.07, 6.45) is 0.173. The van der Waals surface area contributed by atoms with E-state index >= 15 is 0 Å². The third kappa shape index (κ3) is 2.15. The highest BCUT2D eigenvalue weighted by molar-refractivity contribution is 6.06. The molecule has 0 saturated carbocycles. The summed E-state index contributed by atoms with van der Waals surface area (Å²) in [5.74, 6) is -0.917. The lowest BCUT2D eigenvalue weighted by atomic mass is 9.73. The van der Waals surface area contributed by atoms with Gasteiger partial charge in [0.2, 0.25) is 11.8 Å². The first-order chi connectivity index (χ1) is 8.39. The van der Waals surface area contributed by atoms with Crippen LogP contribution >= 0.6 is 0 Å². The summed E-state index contributed by atoms with van der Waals surface area (Å²) in [5.41, 5.74) is -2.63. The van der Waals surface area contributed by atoms with E-state index in [1.807, 2.05) is 0 Å². The maximum atomic E-state index is 12.4. The van der Waals surface area contributed by atoms with Crippen LogP contribution in [0, 0.1) is 10.8 Å². The van der Waals surface area contributed by atoms with Crippen LogP contribution in [0.4, 0.5) is 0 Å². The van der Waals surface area contributed by atoms with Gasteiger partial charge in [0.25, 0.3) is 0 Å². The number of hydrogen-bond acceptors (Lipinski definition) is 4. The van der Waals surface area contributed by atoms with Crippen LogP contribution in [0.3, 0.4) is 0 Å². The first-order valence-electron chi connectivity index (χ1n) is 6.35. The quantitative estimate of drug-likeness (QED) is 0.578. The Morgan fingerprint density at radius 2 is 1.68 bits per heavy atom. The van der Waals surface area contributed by atoms with Gasteiger partial charge in [-0.3, -0.25) is 19.3 Å². The first-order valence-corrected chi connectivity index (χ1v) is 6.35. The Kier molecular flexibility index (Phi) is 3.56. The lowest BCUT2D eigenvalue weighted by Gasteiger charge is -2.44. The van der Waals surface area contributed by atoms with E-state index in [0.717, 1.165) is 0 Å². The zero-order chi connectivity index (χ0) is 15.2. The van der Waals surface area contributed by atoms with Gasteiger partial charge in [0.05, 0.1) is 23.5 Å². The summed E-state index contributed by atoms with van der Waals surface area (Å²) in [5, 5.41) is 0. The molecule has 0 aromatic carbocycles. The molecule has 1 saturated heterocycles. The molecular weight excluding hydrogens is 246 g/mol. The summed E-state index contributed by atoms with van der Waals surface area (Å²) in [7, 11) is 1.30. The highest BCUT2D eigenvalue weighted by Gasteiger charge is 2.57. The van der Waals surface area contributed by atoms with Crippen molar-refractivity contribution >= 4 is 17.8 Å². The highest BCUT2D eigenvalue weighted by atomic mass is 16.5. The molecule has 0 radical (unpaired) electrons. The fourth-order valence-electron chi connectivity index (χ4n) is 2.30. The van der Waals surface area contributed by atoms with Gasteiger partial charge in [-0.25, -0.2) is 0 Å². The SMILES string of the molecule is COC(=O)C(C)(C)C(C)(C)N1C(=O)CC(C)(C)C1=O. The molecule has 0 aliphatic carbocycles. The average Bonchev–Trinajstić information content (AvgIpc) is 2.46. The monoisotopic (exact) mass is 269 g/mol. The van der Waals surface area contributed by atoms with Gasteiger partial charge in [0.1, 0.15) is 0 Å². The van der Waals surface area contributed by atoms with Crippen molar-refractivity contribution in [3.8, 4) is 0 Å². The van der Waals surface area contributed by atoms with Crippen molar-refractivity contribution in [1.29, 1.82) is 0 Å². The second-order valence-electron chi connectivity index (χ2n) is 6.77. The number of methoxy groups -OCH3 is 1. The van der Waals surface area contributed by atoms with Crippen LogP contribution in [-0.2, 0) is 19.1 Å². The third-order valence-electron chi connectivity index (χ3n) is 4.41. The van der Waals surface area contributed by atoms with E-state index in [2.05, 4.69) is 0 Å². The maximum absolute atomic E-state index is 12.4. The Bertz CT molecular complexity index is 435. The smallest absolute Gasteiger partial charge is 0.313 e. The molecule has 2 amide bonds. The second kappa shape index (κ2) is 4.32. The van der Waals surface area contributed by atoms with Crippen LogP contribution in [0.15, 0.2) is 0 Å². The van der Waals surface area contributed by atoms with E-state index in [0.29, 0.717) is 0 Å². The van der Waals surface area contributed by atoms with Crippen LogP contribution in [0.25, 0.3) is 0 Å². The van der Waals surface area contributed by atoms with Gasteiger partial charge in [0, 0.05) is 6.42 Å². The largest absolute Gasteiger partial charge is 0.469 e. The third-order valence-corrected chi connectivity index (χ3v) is 4.41. The van der Waals surface area contributed by atoms with E-state index < -0.39 is 22.3 Å². The number of imide groups is 1. The second-order valence-corrected chi connectivity index (χ2v) is 6.77. The predicted octanol–water partition coefficient (Wildman–Crippen LogP) is 1.75. The van der Waals surface area contributed by atoms with Gasteiger partial charge in [-0.05, 0) is 27.7 Å². The Hall–Kier alpha value is -1.39. The Morgan fingerprint density at radius 3 is 2.00 bits per heavy atom. The normalized spacial score (nSPS) is 19.8. The highest BCUT2D eigenvalue weighted by Crippen LogP contribution is 2.43. The molecule has 0 atom stereocenters. The van der Waals surface area contributed by atoms with Crippen molar-refractivity contribution < 1.29 is 19.1 Å². The standard InChI is InChI=1S/C14H23NO4/c1-12(2)8-9(16)15(10(12)17)14(5,6)13(3,4)11(18)19-7/h8H2,1-7H3. The summed E-state index contributed by atoms with van der Waals surface area (Å²) in [4.78, 5) is 37.7. The van der Waals surface area contributed by atoms with Crippen molar-refractivity contribution in [3.63, 3.8) is 0 Å². The van der Waals surface area contributed by atoms with Gasteiger partial charge in [-0.2, -0.15) is 0 Å². The molecule has 108 valence electrons. The van der Waals surface area contributed by atoms with E-state index in [-0.39, 0.29) is 18.2 Å². The van der Waals surface area contributed by atoms with Gasteiger partial charge in [-0.1, -0.05) is 13.8 Å². The van der Waals surface area contributed by atoms with E-state index in [1.54, 1.807) is 41.5 Å². The number of hydrogen-bond donors (Lipinski definition) is 0. The zero-order valence-electron chi connectivity index (χ0n) is 12.8. The van der Waals surface area contributed by atoms with Gasteiger partial charge < -0.3 is 4.74 Å². The zero-order valence-corrected chi connectivity index (χ0v) is 12.8. The van der Waals surface area contributed by atoms with Crippen LogP contribution in [-0.4, -0.2) is 35.3 Å². The minimum atomic E-state index is -0.979. The molecule has 1 heterocycles. The number of nitrogens with zero attached hydrogens (tertiary/aromatic N) is 1. The summed E-state index contributed by atoms with van der Waals surface area (Å²) >= 11 is 0. The van der Waals surface area contributed by atoms with Crippen molar-refractivity contribution in [2.24, 2.45) is 10.8 Å². The van der Waals surface area contributed by atoms with Crippen molar-refractivity contribution in [2.75, 3.05) is 7.11 Å². The average molecular weight is 269 g/mol. The Morgan fingerprint density at radius 1 is 1.21 bits per heavy atom. The molecular formula is C14H23NO4. The Labute approximate surface area is 114 Å². The molecule has 0 N–H and O–H groups in total. The van der Waals surface area contributed by atoms with E-state index in [9.17, 15) is 14.4 Å².